The zero-order chi connectivity index (χ0) is 21.1. The molecule has 1 atom stereocenters. The SMILES string of the molecule is Cc1nc(-c2cc3c(n4cnnc24)NCc2c(F)ccc4c2[C@H](CO4)CO3)ccc1F. The first-order valence-corrected chi connectivity index (χ1v) is 9.91. The van der Waals surface area contributed by atoms with Gasteiger partial charge in [-0.05, 0) is 37.3 Å². The number of aromatic nitrogens is 4. The van der Waals surface area contributed by atoms with E-state index in [2.05, 4.69) is 20.5 Å². The Kier molecular flexibility index (Phi) is 3.86. The van der Waals surface area contributed by atoms with Gasteiger partial charge < -0.3 is 14.8 Å². The van der Waals surface area contributed by atoms with Crippen LogP contribution in [0, 0.1) is 18.6 Å². The van der Waals surface area contributed by atoms with Crippen molar-refractivity contribution in [2.45, 2.75) is 19.4 Å². The normalized spacial score (nSPS) is 16.9. The van der Waals surface area contributed by atoms with Crippen molar-refractivity contribution in [1.29, 1.82) is 0 Å². The average molecular weight is 421 g/mol. The molecule has 4 aromatic rings. The van der Waals surface area contributed by atoms with Crippen molar-refractivity contribution in [3.8, 4) is 22.8 Å². The standard InChI is InChI=1S/C22H17F2N5O2/c1-11-15(23)2-4-17(27-11)13-6-19-22(29-10-26-28-21(13)29)25-7-14-16(24)3-5-18-20(14)12(8-30-18)9-31-19/h2-6,10,12,25H,7-9H2,1H3/t12-/m1/s1. The third kappa shape index (κ3) is 2.73. The van der Waals surface area contributed by atoms with Crippen LogP contribution >= 0.6 is 0 Å². The molecule has 0 unspecified atom stereocenters. The minimum absolute atomic E-state index is 0.0836. The Morgan fingerprint density at radius 2 is 1.87 bits per heavy atom. The Hall–Kier alpha value is -3.75. The molecule has 5 heterocycles. The van der Waals surface area contributed by atoms with Gasteiger partial charge in [-0.1, -0.05) is 0 Å². The highest BCUT2D eigenvalue weighted by molar-refractivity contribution is 5.80. The van der Waals surface area contributed by atoms with Crippen molar-refractivity contribution in [3.63, 3.8) is 0 Å². The maximum atomic E-state index is 14.7. The van der Waals surface area contributed by atoms with Gasteiger partial charge in [0, 0.05) is 23.2 Å². The number of rotatable bonds is 1. The molecule has 31 heavy (non-hydrogen) atoms. The largest absolute Gasteiger partial charge is 0.493 e. The molecule has 2 aliphatic rings. The molecule has 6 rings (SSSR count). The lowest BCUT2D eigenvalue weighted by Crippen LogP contribution is -2.13. The molecule has 1 N–H and O–H groups in total. The molecule has 156 valence electrons. The number of hydrogen-bond acceptors (Lipinski definition) is 6. The molecule has 3 aromatic heterocycles. The molecule has 0 radical (unpaired) electrons. The van der Waals surface area contributed by atoms with Gasteiger partial charge in [-0.3, -0.25) is 4.40 Å². The van der Waals surface area contributed by atoms with Gasteiger partial charge in [0.1, 0.15) is 23.7 Å². The van der Waals surface area contributed by atoms with E-state index in [9.17, 15) is 8.78 Å². The number of hydrogen-bond donors (Lipinski definition) is 1. The molecule has 0 aliphatic carbocycles. The van der Waals surface area contributed by atoms with Crippen molar-refractivity contribution in [3.05, 3.63) is 65.1 Å². The van der Waals surface area contributed by atoms with Crippen LogP contribution in [0.15, 0.2) is 36.7 Å². The molecular formula is C22H17F2N5O2. The van der Waals surface area contributed by atoms with E-state index < -0.39 is 0 Å². The summed E-state index contributed by atoms with van der Waals surface area (Å²) in [6.45, 7) is 2.62. The van der Waals surface area contributed by atoms with Crippen LogP contribution in [-0.2, 0) is 6.54 Å². The summed E-state index contributed by atoms with van der Waals surface area (Å²) in [5, 5.41) is 11.5. The molecule has 0 spiro atoms. The van der Waals surface area contributed by atoms with E-state index in [0.717, 1.165) is 5.56 Å². The molecule has 1 aromatic carbocycles. The summed E-state index contributed by atoms with van der Waals surface area (Å²) in [5.74, 6) is 1.11. The highest BCUT2D eigenvalue weighted by Gasteiger charge is 2.31. The summed E-state index contributed by atoms with van der Waals surface area (Å²) in [6.07, 6.45) is 1.56. The van der Waals surface area contributed by atoms with E-state index >= 15 is 0 Å². The highest BCUT2D eigenvalue weighted by Crippen LogP contribution is 2.41. The van der Waals surface area contributed by atoms with Crippen molar-refractivity contribution < 1.29 is 18.3 Å². The van der Waals surface area contributed by atoms with Crippen LogP contribution in [0.1, 0.15) is 22.7 Å². The third-order valence-corrected chi connectivity index (χ3v) is 5.82. The van der Waals surface area contributed by atoms with Gasteiger partial charge in [-0.2, -0.15) is 0 Å². The van der Waals surface area contributed by atoms with E-state index in [0.29, 0.717) is 58.7 Å². The number of halogens is 2. The molecular weight excluding hydrogens is 404 g/mol. The summed E-state index contributed by atoms with van der Waals surface area (Å²) in [6, 6.07) is 7.89. The van der Waals surface area contributed by atoms with Gasteiger partial charge in [-0.25, -0.2) is 13.8 Å². The summed E-state index contributed by atoms with van der Waals surface area (Å²) in [5.41, 5.74) is 3.46. The Balaban J connectivity index is 1.52. The van der Waals surface area contributed by atoms with Crippen LogP contribution < -0.4 is 14.8 Å². The van der Waals surface area contributed by atoms with Crippen LogP contribution in [0.2, 0.25) is 0 Å². The van der Waals surface area contributed by atoms with Crippen molar-refractivity contribution in [1.82, 2.24) is 19.6 Å². The fraction of sp³-hybridized carbons (Fsp3) is 0.227. The topological polar surface area (TPSA) is 73.6 Å². The van der Waals surface area contributed by atoms with E-state index in [1.165, 1.54) is 12.1 Å². The maximum Gasteiger partial charge on any atom is 0.171 e. The number of benzene rings is 1. The lowest BCUT2D eigenvalue weighted by atomic mass is 9.96. The molecule has 2 aliphatic heterocycles. The first-order valence-electron chi connectivity index (χ1n) is 9.91. The summed E-state index contributed by atoms with van der Waals surface area (Å²) >= 11 is 0. The number of ether oxygens (including phenoxy) is 2. The average Bonchev–Trinajstić information content (AvgIpc) is 3.41. The van der Waals surface area contributed by atoms with E-state index in [4.69, 9.17) is 9.47 Å². The second-order valence-corrected chi connectivity index (χ2v) is 7.67. The van der Waals surface area contributed by atoms with Crippen molar-refractivity contribution in [2.24, 2.45) is 0 Å². The fourth-order valence-corrected chi connectivity index (χ4v) is 4.27. The number of pyridine rings is 2. The van der Waals surface area contributed by atoms with Gasteiger partial charge in [0.05, 0.1) is 30.5 Å². The van der Waals surface area contributed by atoms with Crippen LogP contribution in [0.25, 0.3) is 16.9 Å². The van der Waals surface area contributed by atoms with Crippen molar-refractivity contribution in [2.75, 3.05) is 18.5 Å². The molecule has 0 bridgehead atoms. The Labute approximate surface area is 175 Å². The lowest BCUT2D eigenvalue weighted by molar-refractivity contribution is 0.249. The summed E-state index contributed by atoms with van der Waals surface area (Å²) in [4.78, 5) is 4.36. The molecule has 0 saturated heterocycles. The monoisotopic (exact) mass is 421 g/mol. The Morgan fingerprint density at radius 3 is 2.71 bits per heavy atom. The number of nitrogens with zero attached hydrogens (tertiary/aromatic N) is 4. The quantitative estimate of drug-likeness (QED) is 0.503. The van der Waals surface area contributed by atoms with E-state index in [1.54, 1.807) is 29.8 Å². The minimum atomic E-state index is -0.376. The smallest absolute Gasteiger partial charge is 0.171 e. The molecule has 0 saturated carbocycles. The second-order valence-electron chi connectivity index (χ2n) is 7.67. The Bertz CT molecular complexity index is 1350. The van der Waals surface area contributed by atoms with Crippen LogP contribution in [0.5, 0.6) is 11.5 Å². The zero-order valence-corrected chi connectivity index (χ0v) is 16.5. The molecule has 7 nitrogen and oxygen atoms in total. The minimum Gasteiger partial charge on any atom is -0.493 e. The van der Waals surface area contributed by atoms with Gasteiger partial charge >= 0.3 is 0 Å². The predicted molar refractivity (Wildman–Crippen MR) is 108 cm³/mol. The van der Waals surface area contributed by atoms with Gasteiger partial charge in [0.2, 0.25) is 0 Å². The van der Waals surface area contributed by atoms with Gasteiger partial charge in [0.25, 0.3) is 0 Å². The van der Waals surface area contributed by atoms with Crippen LogP contribution in [0.3, 0.4) is 0 Å². The fourth-order valence-electron chi connectivity index (χ4n) is 4.27. The highest BCUT2D eigenvalue weighted by atomic mass is 19.1. The Morgan fingerprint density at radius 1 is 1.06 bits per heavy atom. The molecule has 0 fully saturated rings. The lowest BCUT2D eigenvalue weighted by Gasteiger charge is -2.16. The number of anilines is 1. The zero-order valence-electron chi connectivity index (χ0n) is 16.5. The number of nitrogens with one attached hydrogen (secondary N) is 1. The molecule has 0 amide bonds. The second kappa shape index (κ2) is 6.63. The maximum absolute atomic E-state index is 14.7. The van der Waals surface area contributed by atoms with E-state index in [-0.39, 0.29) is 24.1 Å². The van der Waals surface area contributed by atoms with Gasteiger partial charge in [0.15, 0.2) is 17.2 Å². The third-order valence-electron chi connectivity index (χ3n) is 5.82. The van der Waals surface area contributed by atoms with Crippen molar-refractivity contribution >= 4 is 11.5 Å². The summed E-state index contributed by atoms with van der Waals surface area (Å²) in [7, 11) is 0. The number of fused-ring (bicyclic) bond motifs is 3. The first kappa shape index (κ1) is 18.1. The number of aryl methyl sites for hydroxylation is 1. The van der Waals surface area contributed by atoms with Crippen LogP contribution in [0.4, 0.5) is 14.6 Å². The van der Waals surface area contributed by atoms with E-state index in [1.807, 2.05) is 6.07 Å². The predicted octanol–water partition coefficient (Wildman–Crippen LogP) is 3.86. The first-order chi connectivity index (χ1) is 15.1. The van der Waals surface area contributed by atoms with Gasteiger partial charge in [-0.15, -0.1) is 10.2 Å². The molecule has 9 heteroatoms. The summed E-state index contributed by atoms with van der Waals surface area (Å²) < 4.78 is 42.1. The van der Waals surface area contributed by atoms with Crippen LogP contribution in [-0.4, -0.2) is 32.8 Å².